The van der Waals surface area contributed by atoms with E-state index < -0.39 is 0 Å². The van der Waals surface area contributed by atoms with E-state index in [0.29, 0.717) is 5.92 Å². The second-order valence-corrected chi connectivity index (χ2v) is 3.80. The van der Waals surface area contributed by atoms with Crippen LogP contribution in [0, 0.1) is 0 Å². The first-order valence-corrected chi connectivity index (χ1v) is 5.14. The molecule has 14 heavy (non-hydrogen) atoms. The van der Waals surface area contributed by atoms with E-state index in [2.05, 4.69) is 43.4 Å². The standard InChI is InChI=1S/C12H19NO/c1-10(2)12-5-3-11(4-6-12)7-8-13-9-14/h3-6,10,13-14H,7-9H2,1-2H3. The van der Waals surface area contributed by atoms with Crippen LogP contribution in [0.25, 0.3) is 0 Å². The zero-order valence-electron chi connectivity index (χ0n) is 8.96. The molecule has 0 saturated heterocycles. The number of hydrogen-bond donors (Lipinski definition) is 2. The minimum Gasteiger partial charge on any atom is -0.381 e. The second-order valence-electron chi connectivity index (χ2n) is 3.80. The van der Waals surface area contributed by atoms with Gasteiger partial charge < -0.3 is 5.11 Å². The van der Waals surface area contributed by atoms with Crippen molar-refractivity contribution in [3.05, 3.63) is 35.4 Å². The van der Waals surface area contributed by atoms with Crippen molar-refractivity contribution >= 4 is 0 Å². The zero-order chi connectivity index (χ0) is 10.4. The normalized spacial score (nSPS) is 10.9. The van der Waals surface area contributed by atoms with Crippen molar-refractivity contribution in [3.63, 3.8) is 0 Å². The number of aliphatic hydroxyl groups is 1. The molecule has 0 atom stereocenters. The average molecular weight is 193 g/mol. The highest BCUT2D eigenvalue weighted by molar-refractivity contribution is 5.24. The van der Waals surface area contributed by atoms with Gasteiger partial charge in [-0.2, -0.15) is 0 Å². The highest BCUT2D eigenvalue weighted by atomic mass is 16.3. The molecule has 2 N–H and O–H groups in total. The van der Waals surface area contributed by atoms with Gasteiger partial charge in [-0.25, -0.2) is 0 Å². The summed E-state index contributed by atoms with van der Waals surface area (Å²) in [5, 5.41) is 11.4. The van der Waals surface area contributed by atoms with Crippen LogP contribution in [0.2, 0.25) is 0 Å². The van der Waals surface area contributed by atoms with E-state index in [0.717, 1.165) is 13.0 Å². The minimum absolute atomic E-state index is 0.0596. The van der Waals surface area contributed by atoms with E-state index in [-0.39, 0.29) is 6.73 Å². The Kier molecular flexibility index (Phi) is 4.63. The van der Waals surface area contributed by atoms with Gasteiger partial charge in [-0.15, -0.1) is 0 Å². The van der Waals surface area contributed by atoms with Crippen LogP contribution >= 0.6 is 0 Å². The summed E-state index contributed by atoms with van der Waals surface area (Å²) in [6.45, 7) is 5.28. The Morgan fingerprint density at radius 3 is 2.36 bits per heavy atom. The lowest BCUT2D eigenvalue weighted by atomic mass is 10.0. The number of benzene rings is 1. The van der Waals surface area contributed by atoms with E-state index in [9.17, 15) is 0 Å². The summed E-state index contributed by atoms with van der Waals surface area (Å²) >= 11 is 0. The summed E-state index contributed by atoms with van der Waals surface area (Å²) in [6, 6.07) is 8.68. The number of rotatable bonds is 5. The summed E-state index contributed by atoms with van der Waals surface area (Å²) in [7, 11) is 0. The molecule has 0 unspecified atom stereocenters. The lowest BCUT2D eigenvalue weighted by Crippen LogP contribution is -2.17. The fourth-order valence-electron chi connectivity index (χ4n) is 1.38. The van der Waals surface area contributed by atoms with Crippen LogP contribution in [0.3, 0.4) is 0 Å². The third-order valence-electron chi connectivity index (χ3n) is 2.35. The summed E-state index contributed by atoms with van der Waals surface area (Å²) in [4.78, 5) is 0. The van der Waals surface area contributed by atoms with Crippen molar-refractivity contribution in [2.75, 3.05) is 13.3 Å². The van der Waals surface area contributed by atoms with Gasteiger partial charge in [0.05, 0.1) is 6.73 Å². The van der Waals surface area contributed by atoms with Crippen LogP contribution in [0.5, 0.6) is 0 Å². The molecule has 0 bridgehead atoms. The lowest BCUT2D eigenvalue weighted by Gasteiger charge is -2.06. The Morgan fingerprint density at radius 2 is 1.86 bits per heavy atom. The Labute approximate surface area is 86.0 Å². The second kappa shape index (κ2) is 5.78. The first-order valence-electron chi connectivity index (χ1n) is 5.14. The van der Waals surface area contributed by atoms with Gasteiger partial charge in [0.15, 0.2) is 0 Å². The molecule has 1 aromatic carbocycles. The molecule has 2 heteroatoms. The van der Waals surface area contributed by atoms with Crippen LogP contribution < -0.4 is 5.32 Å². The molecule has 0 radical (unpaired) electrons. The SMILES string of the molecule is CC(C)c1ccc(CCNCO)cc1. The fraction of sp³-hybridized carbons (Fsp3) is 0.500. The van der Waals surface area contributed by atoms with Crippen molar-refractivity contribution in [2.45, 2.75) is 26.2 Å². The smallest absolute Gasteiger partial charge is 0.0931 e. The molecular formula is C12H19NO. The maximum atomic E-state index is 8.55. The van der Waals surface area contributed by atoms with Gasteiger partial charge in [-0.05, 0) is 23.5 Å². The van der Waals surface area contributed by atoms with Gasteiger partial charge in [0.2, 0.25) is 0 Å². The summed E-state index contributed by atoms with van der Waals surface area (Å²) in [5.74, 6) is 0.597. The van der Waals surface area contributed by atoms with Gasteiger partial charge in [0.1, 0.15) is 0 Å². The molecule has 0 fully saturated rings. The Balaban J connectivity index is 2.47. The maximum Gasteiger partial charge on any atom is 0.0931 e. The van der Waals surface area contributed by atoms with Crippen molar-refractivity contribution < 1.29 is 5.11 Å². The molecule has 0 amide bonds. The van der Waals surface area contributed by atoms with Crippen molar-refractivity contribution in [2.24, 2.45) is 0 Å². The first-order chi connectivity index (χ1) is 6.74. The van der Waals surface area contributed by atoms with Gasteiger partial charge >= 0.3 is 0 Å². The van der Waals surface area contributed by atoms with Crippen molar-refractivity contribution in [1.82, 2.24) is 5.32 Å². The van der Waals surface area contributed by atoms with E-state index in [4.69, 9.17) is 5.11 Å². The topological polar surface area (TPSA) is 32.3 Å². The summed E-state index contributed by atoms with van der Waals surface area (Å²) in [6.07, 6.45) is 0.971. The molecule has 78 valence electrons. The quantitative estimate of drug-likeness (QED) is 0.553. The fourth-order valence-corrected chi connectivity index (χ4v) is 1.38. The largest absolute Gasteiger partial charge is 0.381 e. The molecular weight excluding hydrogens is 174 g/mol. The molecule has 0 spiro atoms. The van der Waals surface area contributed by atoms with Crippen molar-refractivity contribution in [1.29, 1.82) is 0 Å². The van der Waals surface area contributed by atoms with E-state index >= 15 is 0 Å². The monoisotopic (exact) mass is 193 g/mol. The lowest BCUT2D eigenvalue weighted by molar-refractivity contribution is 0.262. The van der Waals surface area contributed by atoms with Crippen LogP contribution in [0.1, 0.15) is 30.9 Å². The third-order valence-corrected chi connectivity index (χ3v) is 2.35. The van der Waals surface area contributed by atoms with Crippen molar-refractivity contribution in [3.8, 4) is 0 Å². The Morgan fingerprint density at radius 1 is 1.21 bits per heavy atom. The third kappa shape index (κ3) is 3.48. The van der Waals surface area contributed by atoms with Gasteiger partial charge in [0, 0.05) is 6.54 Å². The van der Waals surface area contributed by atoms with Gasteiger partial charge in [-0.3, -0.25) is 5.32 Å². The van der Waals surface area contributed by atoms with E-state index in [1.54, 1.807) is 0 Å². The summed E-state index contributed by atoms with van der Waals surface area (Å²) in [5.41, 5.74) is 2.69. The number of hydrogen-bond acceptors (Lipinski definition) is 2. The van der Waals surface area contributed by atoms with E-state index in [1.807, 2.05) is 0 Å². The average Bonchev–Trinajstić information content (AvgIpc) is 2.19. The zero-order valence-corrected chi connectivity index (χ0v) is 8.96. The van der Waals surface area contributed by atoms with Crippen LogP contribution in [-0.2, 0) is 6.42 Å². The molecule has 1 aromatic rings. The maximum absolute atomic E-state index is 8.55. The number of aliphatic hydroxyl groups excluding tert-OH is 1. The molecule has 1 rings (SSSR count). The first kappa shape index (κ1) is 11.2. The Bertz CT molecular complexity index is 254. The number of nitrogens with one attached hydrogen (secondary N) is 1. The minimum atomic E-state index is 0.0596. The predicted molar refractivity (Wildman–Crippen MR) is 59.3 cm³/mol. The highest BCUT2D eigenvalue weighted by Crippen LogP contribution is 2.14. The van der Waals surface area contributed by atoms with Crippen LogP contribution in [0.15, 0.2) is 24.3 Å². The summed E-state index contributed by atoms with van der Waals surface area (Å²) < 4.78 is 0. The van der Waals surface area contributed by atoms with Crippen LogP contribution in [-0.4, -0.2) is 18.4 Å². The Hall–Kier alpha value is -0.860. The molecule has 0 aliphatic rings. The molecule has 0 heterocycles. The molecule has 0 saturated carbocycles. The van der Waals surface area contributed by atoms with Gasteiger partial charge in [0.25, 0.3) is 0 Å². The van der Waals surface area contributed by atoms with E-state index in [1.165, 1.54) is 11.1 Å². The highest BCUT2D eigenvalue weighted by Gasteiger charge is 1.98. The molecule has 0 aromatic heterocycles. The molecule has 2 nitrogen and oxygen atoms in total. The predicted octanol–water partition coefficient (Wildman–Crippen LogP) is 1.89. The molecule has 0 aliphatic heterocycles. The van der Waals surface area contributed by atoms with Gasteiger partial charge in [-0.1, -0.05) is 38.1 Å². The molecule has 0 aliphatic carbocycles. The van der Waals surface area contributed by atoms with Crippen LogP contribution in [0.4, 0.5) is 0 Å².